The third-order valence-corrected chi connectivity index (χ3v) is 1.22. The topological polar surface area (TPSA) is 69.1 Å². The smallest absolute Gasteiger partial charge is 0.221 e. The first-order valence-electron chi connectivity index (χ1n) is 3.69. The zero-order chi connectivity index (χ0) is 9.40. The summed E-state index contributed by atoms with van der Waals surface area (Å²) in [5.74, 6) is -0.286. The standard InChI is InChI=1S/C8H9NO.CH5N/c9-8(10)6-7-4-2-1-3-5-7;1-2/h1-5H,6H2,(H2,9,10);2H2,1H3. The van der Waals surface area contributed by atoms with E-state index in [9.17, 15) is 4.79 Å². The molecule has 1 rings (SSSR count). The lowest BCUT2D eigenvalue weighted by atomic mass is 10.1. The average molecular weight is 166 g/mol. The fourth-order valence-corrected chi connectivity index (χ4v) is 0.797. The van der Waals surface area contributed by atoms with E-state index in [1.807, 2.05) is 30.3 Å². The van der Waals surface area contributed by atoms with Crippen LogP contribution in [0.3, 0.4) is 0 Å². The number of primary amides is 1. The van der Waals surface area contributed by atoms with E-state index in [1.54, 1.807) is 0 Å². The number of hydrogen-bond donors (Lipinski definition) is 2. The molecule has 66 valence electrons. The Hall–Kier alpha value is -1.35. The lowest BCUT2D eigenvalue weighted by molar-refractivity contribution is -0.117. The van der Waals surface area contributed by atoms with Crippen LogP contribution >= 0.6 is 0 Å². The largest absolute Gasteiger partial charge is 0.369 e. The molecule has 12 heavy (non-hydrogen) atoms. The average Bonchev–Trinajstić information content (AvgIpc) is 2.08. The van der Waals surface area contributed by atoms with Gasteiger partial charge in [-0.25, -0.2) is 0 Å². The van der Waals surface area contributed by atoms with Crippen LogP contribution in [-0.4, -0.2) is 13.0 Å². The van der Waals surface area contributed by atoms with Crippen LogP contribution < -0.4 is 11.5 Å². The van der Waals surface area contributed by atoms with E-state index in [4.69, 9.17) is 5.73 Å². The van der Waals surface area contributed by atoms with Gasteiger partial charge in [-0.2, -0.15) is 0 Å². The zero-order valence-corrected chi connectivity index (χ0v) is 7.16. The summed E-state index contributed by atoms with van der Waals surface area (Å²) in [5, 5.41) is 0. The molecule has 1 amide bonds. The van der Waals surface area contributed by atoms with Crippen molar-refractivity contribution in [3.8, 4) is 0 Å². The van der Waals surface area contributed by atoms with Gasteiger partial charge in [0.05, 0.1) is 6.42 Å². The summed E-state index contributed by atoms with van der Waals surface area (Å²) in [6.45, 7) is 0. The molecule has 0 aliphatic heterocycles. The summed E-state index contributed by atoms with van der Waals surface area (Å²) >= 11 is 0. The van der Waals surface area contributed by atoms with Gasteiger partial charge in [0.1, 0.15) is 0 Å². The Morgan fingerprint density at radius 1 is 1.25 bits per heavy atom. The SMILES string of the molecule is CN.NC(=O)Cc1ccccc1. The predicted octanol–water partition coefficient (Wildman–Crippen LogP) is 0.289. The van der Waals surface area contributed by atoms with E-state index in [0.717, 1.165) is 5.56 Å². The molecule has 3 heteroatoms. The summed E-state index contributed by atoms with van der Waals surface area (Å²) < 4.78 is 0. The Morgan fingerprint density at radius 3 is 2.17 bits per heavy atom. The van der Waals surface area contributed by atoms with Crippen LogP contribution in [0, 0.1) is 0 Å². The van der Waals surface area contributed by atoms with Gasteiger partial charge in [-0.05, 0) is 12.6 Å². The third-order valence-electron chi connectivity index (χ3n) is 1.22. The number of amides is 1. The van der Waals surface area contributed by atoms with Gasteiger partial charge in [0.2, 0.25) is 5.91 Å². The highest BCUT2D eigenvalue weighted by Crippen LogP contribution is 1.97. The molecular formula is C9H14N2O. The van der Waals surface area contributed by atoms with E-state index < -0.39 is 0 Å². The maximum Gasteiger partial charge on any atom is 0.221 e. The molecular weight excluding hydrogens is 152 g/mol. The molecule has 1 aromatic rings. The normalized spacial score (nSPS) is 8.17. The van der Waals surface area contributed by atoms with Crippen LogP contribution in [0.2, 0.25) is 0 Å². The van der Waals surface area contributed by atoms with E-state index in [2.05, 4.69) is 5.73 Å². The molecule has 0 unspecified atom stereocenters. The highest BCUT2D eigenvalue weighted by atomic mass is 16.1. The Labute approximate surface area is 72.4 Å². The number of benzene rings is 1. The number of carbonyl (C=O) groups is 1. The number of nitrogens with two attached hydrogens (primary N) is 2. The Balaban J connectivity index is 0.000000561. The molecule has 0 radical (unpaired) electrons. The van der Waals surface area contributed by atoms with Crippen molar-refractivity contribution in [3.63, 3.8) is 0 Å². The molecule has 0 aromatic heterocycles. The Kier molecular flexibility index (Phi) is 5.65. The van der Waals surface area contributed by atoms with E-state index in [1.165, 1.54) is 7.05 Å². The van der Waals surface area contributed by atoms with Crippen molar-refractivity contribution in [2.75, 3.05) is 7.05 Å². The number of carbonyl (C=O) groups excluding carboxylic acids is 1. The first kappa shape index (κ1) is 10.7. The van der Waals surface area contributed by atoms with Crippen molar-refractivity contribution in [2.24, 2.45) is 11.5 Å². The fourth-order valence-electron chi connectivity index (χ4n) is 0.797. The second-order valence-corrected chi connectivity index (χ2v) is 2.13. The van der Waals surface area contributed by atoms with Crippen LogP contribution in [0.25, 0.3) is 0 Å². The molecule has 0 aliphatic rings. The minimum Gasteiger partial charge on any atom is -0.369 e. The van der Waals surface area contributed by atoms with Crippen molar-refractivity contribution in [1.29, 1.82) is 0 Å². The Bertz CT molecular complexity index is 221. The second kappa shape index (κ2) is 6.37. The summed E-state index contributed by atoms with van der Waals surface area (Å²) in [4.78, 5) is 10.4. The van der Waals surface area contributed by atoms with Crippen molar-refractivity contribution < 1.29 is 4.79 Å². The molecule has 0 bridgehead atoms. The van der Waals surface area contributed by atoms with Crippen molar-refractivity contribution in [3.05, 3.63) is 35.9 Å². The van der Waals surface area contributed by atoms with Crippen molar-refractivity contribution in [1.82, 2.24) is 0 Å². The molecule has 0 saturated carbocycles. The molecule has 0 spiro atoms. The lowest BCUT2D eigenvalue weighted by Crippen LogP contribution is -2.13. The summed E-state index contributed by atoms with van der Waals surface area (Å²) in [6, 6.07) is 9.44. The van der Waals surface area contributed by atoms with Crippen molar-refractivity contribution in [2.45, 2.75) is 6.42 Å². The predicted molar refractivity (Wildman–Crippen MR) is 49.5 cm³/mol. The minimum atomic E-state index is -0.286. The second-order valence-electron chi connectivity index (χ2n) is 2.13. The molecule has 3 nitrogen and oxygen atoms in total. The van der Waals surface area contributed by atoms with Gasteiger partial charge in [-0.3, -0.25) is 4.79 Å². The van der Waals surface area contributed by atoms with Crippen LogP contribution in [-0.2, 0) is 11.2 Å². The van der Waals surface area contributed by atoms with Gasteiger partial charge < -0.3 is 11.5 Å². The summed E-state index contributed by atoms with van der Waals surface area (Å²) in [7, 11) is 1.50. The van der Waals surface area contributed by atoms with Crippen LogP contribution in [0.15, 0.2) is 30.3 Å². The van der Waals surface area contributed by atoms with Crippen molar-refractivity contribution >= 4 is 5.91 Å². The fraction of sp³-hybridized carbons (Fsp3) is 0.222. The number of rotatable bonds is 2. The maximum atomic E-state index is 10.4. The van der Waals surface area contributed by atoms with Gasteiger partial charge >= 0.3 is 0 Å². The van der Waals surface area contributed by atoms with Gasteiger partial charge in [-0.1, -0.05) is 30.3 Å². The zero-order valence-electron chi connectivity index (χ0n) is 7.16. The molecule has 0 fully saturated rings. The lowest BCUT2D eigenvalue weighted by Gasteiger charge is -1.93. The molecule has 0 aliphatic carbocycles. The van der Waals surface area contributed by atoms with Gasteiger partial charge in [-0.15, -0.1) is 0 Å². The summed E-state index contributed by atoms with van der Waals surface area (Å²) in [5.41, 5.74) is 10.5. The van der Waals surface area contributed by atoms with Crippen LogP contribution in [0.4, 0.5) is 0 Å². The highest BCUT2D eigenvalue weighted by molar-refractivity contribution is 5.76. The molecule has 1 aromatic carbocycles. The highest BCUT2D eigenvalue weighted by Gasteiger charge is 1.94. The molecule has 0 atom stereocenters. The third kappa shape index (κ3) is 4.46. The molecule has 0 heterocycles. The van der Waals surface area contributed by atoms with Crippen LogP contribution in [0.5, 0.6) is 0 Å². The van der Waals surface area contributed by atoms with Gasteiger partial charge in [0, 0.05) is 0 Å². The minimum absolute atomic E-state index is 0.286. The monoisotopic (exact) mass is 166 g/mol. The van der Waals surface area contributed by atoms with E-state index in [0.29, 0.717) is 6.42 Å². The Morgan fingerprint density at radius 2 is 1.75 bits per heavy atom. The van der Waals surface area contributed by atoms with Crippen LogP contribution in [0.1, 0.15) is 5.56 Å². The first-order chi connectivity index (χ1) is 5.79. The van der Waals surface area contributed by atoms with E-state index >= 15 is 0 Å². The van der Waals surface area contributed by atoms with Gasteiger partial charge in [0.15, 0.2) is 0 Å². The number of hydrogen-bond acceptors (Lipinski definition) is 2. The molecule has 4 N–H and O–H groups in total. The summed E-state index contributed by atoms with van der Waals surface area (Å²) in [6.07, 6.45) is 0.334. The maximum absolute atomic E-state index is 10.4. The quantitative estimate of drug-likeness (QED) is 0.663. The molecule has 0 saturated heterocycles. The van der Waals surface area contributed by atoms with E-state index in [-0.39, 0.29) is 5.91 Å². The first-order valence-corrected chi connectivity index (χ1v) is 3.69. The van der Waals surface area contributed by atoms with Gasteiger partial charge in [0.25, 0.3) is 0 Å².